The molecule has 112 valence electrons. The fourth-order valence-electron chi connectivity index (χ4n) is 2.67. The third-order valence-corrected chi connectivity index (χ3v) is 3.49. The molecule has 1 saturated heterocycles. The molecule has 5 heteroatoms. The van der Waals surface area contributed by atoms with Crippen LogP contribution in [0.4, 0.5) is 5.82 Å². The number of hydrogen-bond donors (Lipinski definition) is 1. The van der Waals surface area contributed by atoms with Crippen molar-refractivity contribution in [3.05, 3.63) is 17.6 Å². The number of hydrogen-bond acceptors (Lipinski definition) is 5. The highest BCUT2D eigenvalue weighted by atomic mass is 16.5. The van der Waals surface area contributed by atoms with E-state index in [-0.39, 0.29) is 0 Å². The van der Waals surface area contributed by atoms with Gasteiger partial charge in [0.1, 0.15) is 11.6 Å². The topological polar surface area (TPSA) is 50.3 Å². The molecule has 0 aromatic carbocycles. The first-order valence-corrected chi connectivity index (χ1v) is 7.52. The highest BCUT2D eigenvalue weighted by Gasteiger charge is 2.16. The standard InChI is InChI=1S/C15H26N4O/c1-4-16-14-8-12(2)17-15(18-14)10-19(3)9-13-6-5-7-20-11-13/h8,13H,4-7,9-11H2,1-3H3,(H,16,17,18). The Balaban J connectivity index is 1.90. The monoisotopic (exact) mass is 278 g/mol. The van der Waals surface area contributed by atoms with Gasteiger partial charge in [0.05, 0.1) is 13.2 Å². The summed E-state index contributed by atoms with van der Waals surface area (Å²) in [5.41, 5.74) is 1.01. The zero-order valence-corrected chi connectivity index (χ0v) is 12.9. The summed E-state index contributed by atoms with van der Waals surface area (Å²) in [7, 11) is 2.13. The van der Waals surface area contributed by atoms with Crippen LogP contribution in [0.25, 0.3) is 0 Å². The average Bonchev–Trinajstić information content (AvgIpc) is 2.39. The van der Waals surface area contributed by atoms with Crippen molar-refractivity contribution in [2.75, 3.05) is 38.7 Å². The van der Waals surface area contributed by atoms with Gasteiger partial charge in [0, 0.05) is 31.5 Å². The van der Waals surface area contributed by atoms with E-state index >= 15 is 0 Å². The molecule has 0 saturated carbocycles. The van der Waals surface area contributed by atoms with E-state index in [1.165, 1.54) is 12.8 Å². The van der Waals surface area contributed by atoms with Crippen LogP contribution >= 0.6 is 0 Å². The molecular weight excluding hydrogens is 252 g/mol. The van der Waals surface area contributed by atoms with Crippen LogP contribution in [0.1, 0.15) is 31.3 Å². The molecule has 1 unspecified atom stereocenters. The lowest BCUT2D eigenvalue weighted by Crippen LogP contribution is -2.31. The second-order valence-electron chi connectivity index (χ2n) is 5.62. The molecule has 0 bridgehead atoms. The first kappa shape index (κ1) is 15.2. The third kappa shape index (κ3) is 4.72. The van der Waals surface area contributed by atoms with Crippen molar-refractivity contribution in [2.45, 2.75) is 33.2 Å². The largest absolute Gasteiger partial charge is 0.381 e. The number of nitrogens with zero attached hydrogens (tertiary/aromatic N) is 3. The van der Waals surface area contributed by atoms with Gasteiger partial charge in [-0.2, -0.15) is 0 Å². The second-order valence-corrected chi connectivity index (χ2v) is 5.62. The SMILES string of the molecule is CCNc1cc(C)nc(CN(C)CC2CCCOC2)n1. The molecule has 1 aliphatic rings. The Hall–Kier alpha value is -1.20. The van der Waals surface area contributed by atoms with Gasteiger partial charge in [-0.25, -0.2) is 9.97 Å². The maximum absolute atomic E-state index is 5.54. The number of anilines is 1. The van der Waals surface area contributed by atoms with E-state index in [0.717, 1.165) is 50.2 Å². The highest BCUT2D eigenvalue weighted by Crippen LogP contribution is 2.15. The van der Waals surface area contributed by atoms with E-state index in [0.29, 0.717) is 5.92 Å². The van der Waals surface area contributed by atoms with Crippen molar-refractivity contribution in [1.29, 1.82) is 0 Å². The molecule has 1 aromatic rings. The van der Waals surface area contributed by atoms with Crippen LogP contribution in [-0.2, 0) is 11.3 Å². The molecule has 1 N–H and O–H groups in total. The highest BCUT2D eigenvalue weighted by molar-refractivity contribution is 5.35. The van der Waals surface area contributed by atoms with Gasteiger partial charge in [-0.1, -0.05) is 0 Å². The Morgan fingerprint density at radius 2 is 2.30 bits per heavy atom. The fourth-order valence-corrected chi connectivity index (χ4v) is 2.67. The lowest BCUT2D eigenvalue weighted by atomic mass is 10.0. The zero-order valence-electron chi connectivity index (χ0n) is 12.9. The van der Waals surface area contributed by atoms with Gasteiger partial charge in [-0.15, -0.1) is 0 Å². The van der Waals surface area contributed by atoms with Crippen LogP contribution in [0.2, 0.25) is 0 Å². The number of aromatic nitrogens is 2. The molecule has 5 nitrogen and oxygen atoms in total. The summed E-state index contributed by atoms with van der Waals surface area (Å²) >= 11 is 0. The van der Waals surface area contributed by atoms with Crippen molar-refractivity contribution in [1.82, 2.24) is 14.9 Å². The maximum Gasteiger partial charge on any atom is 0.144 e. The smallest absolute Gasteiger partial charge is 0.144 e. The van der Waals surface area contributed by atoms with Crippen LogP contribution in [0.15, 0.2) is 6.07 Å². The summed E-state index contributed by atoms with van der Waals surface area (Å²) in [6.07, 6.45) is 2.45. The summed E-state index contributed by atoms with van der Waals surface area (Å²) < 4.78 is 5.54. The Morgan fingerprint density at radius 1 is 1.45 bits per heavy atom. The first-order chi connectivity index (χ1) is 9.67. The van der Waals surface area contributed by atoms with Crippen LogP contribution < -0.4 is 5.32 Å². The lowest BCUT2D eigenvalue weighted by molar-refractivity contribution is 0.0408. The molecule has 0 aliphatic carbocycles. The van der Waals surface area contributed by atoms with Crippen molar-refractivity contribution in [3.63, 3.8) is 0 Å². The van der Waals surface area contributed by atoms with Crippen molar-refractivity contribution in [2.24, 2.45) is 5.92 Å². The van der Waals surface area contributed by atoms with Crippen LogP contribution in [0, 0.1) is 12.8 Å². The van der Waals surface area contributed by atoms with Crippen molar-refractivity contribution in [3.8, 4) is 0 Å². The molecule has 0 radical (unpaired) electrons. The quantitative estimate of drug-likeness (QED) is 0.863. The summed E-state index contributed by atoms with van der Waals surface area (Å²) in [6.45, 7) is 8.62. The van der Waals surface area contributed by atoms with Crippen LogP contribution in [0.5, 0.6) is 0 Å². The molecule has 0 amide bonds. The lowest BCUT2D eigenvalue weighted by Gasteiger charge is -2.26. The molecular formula is C15H26N4O. The van der Waals surface area contributed by atoms with E-state index in [1.54, 1.807) is 0 Å². The first-order valence-electron chi connectivity index (χ1n) is 7.52. The minimum Gasteiger partial charge on any atom is -0.381 e. The maximum atomic E-state index is 5.54. The minimum absolute atomic E-state index is 0.645. The van der Waals surface area contributed by atoms with E-state index in [9.17, 15) is 0 Å². The Bertz CT molecular complexity index is 418. The van der Waals surface area contributed by atoms with Gasteiger partial charge >= 0.3 is 0 Å². The van der Waals surface area contributed by atoms with E-state index in [2.05, 4.69) is 34.2 Å². The third-order valence-electron chi connectivity index (χ3n) is 3.49. The van der Waals surface area contributed by atoms with Crippen molar-refractivity contribution < 1.29 is 4.74 Å². The van der Waals surface area contributed by atoms with Gasteiger partial charge in [0.25, 0.3) is 0 Å². The van der Waals surface area contributed by atoms with Gasteiger partial charge < -0.3 is 10.1 Å². The molecule has 1 aromatic heterocycles. The molecule has 1 fully saturated rings. The molecule has 2 heterocycles. The molecule has 1 atom stereocenters. The Labute approximate surface area is 121 Å². The van der Waals surface area contributed by atoms with Crippen LogP contribution in [0.3, 0.4) is 0 Å². The predicted molar refractivity (Wildman–Crippen MR) is 80.8 cm³/mol. The van der Waals surface area contributed by atoms with Crippen molar-refractivity contribution >= 4 is 5.82 Å². The van der Waals surface area contributed by atoms with E-state index in [4.69, 9.17) is 4.74 Å². The summed E-state index contributed by atoms with van der Waals surface area (Å²) in [5.74, 6) is 2.45. The normalized spacial score (nSPS) is 19.3. The summed E-state index contributed by atoms with van der Waals surface area (Å²) in [4.78, 5) is 11.4. The zero-order chi connectivity index (χ0) is 14.4. The minimum atomic E-state index is 0.645. The van der Waals surface area contributed by atoms with Gasteiger partial charge in [0.2, 0.25) is 0 Å². The second kappa shape index (κ2) is 7.55. The van der Waals surface area contributed by atoms with Gasteiger partial charge in [-0.3, -0.25) is 4.90 Å². The summed E-state index contributed by atoms with van der Waals surface area (Å²) in [5, 5.41) is 3.25. The number of aryl methyl sites for hydroxylation is 1. The molecule has 1 aliphatic heterocycles. The molecule has 2 rings (SSSR count). The van der Waals surface area contributed by atoms with Gasteiger partial charge in [0.15, 0.2) is 0 Å². The van der Waals surface area contributed by atoms with E-state index < -0.39 is 0 Å². The Kier molecular flexibility index (Phi) is 5.73. The predicted octanol–water partition coefficient (Wildman–Crippen LogP) is 2.08. The average molecular weight is 278 g/mol. The van der Waals surface area contributed by atoms with E-state index in [1.807, 2.05) is 13.0 Å². The molecule has 20 heavy (non-hydrogen) atoms. The number of rotatable bonds is 6. The van der Waals surface area contributed by atoms with Crippen LogP contribution in [-0.4, -0.2) is 48.2 Å². The molecule has 0 spiro atoms. The number of nitrogens with one attached hydrogen (secondary N) is 1. The van der Waals surface area contributed by atoms with Gasteiger partial charge in [-0.05, 0) is 39.7 Å². The Morgan fingerprint density at radius 3 is 3.00 bits per heavy atom. The number of ether oxygens (including phenoxy) is 1. The fraction of sp³-hybridized carbons (Fsp3) is 0.733. The summed E-state index contributed by atoms with van der Waals surface area (Å²) in [6, 6.07) is 1.99.